The summed E-state index contributed by atoms with van der Waals surface area (Å²) in [6.07, 6.45) is 4.48. The lowest BCUT2D eigenvalue weighted by molar-refractivity contribution is -0.116. The Morgan fingerprint density at radius 2 is 2.25 bits per heavy atom. The van der Waals surface area contributed by atoms with Crippen LogP contribution >= 0.6 is 11.3 Å². The molecule has 0 radical (unpaired) electrons. The number of hydrogen-bond acceptors (Lipinski definition) is 6. The van der Waals surface area contributed by atoms with E-state index < -0.39 is 0 Å². The summed E-state index contributed by atoms with van der Waals surface area (Å²) in [5, 5.41) is 4.19. The molecule has 142 valence electrons. The molecule has 7 nitrogen and oxygen atoms in total. The molecule has 8 heteroatoms. The minimum Gasteiger partial charge on any atom is -0.448 e. The number of furan rings is 1. The first-order valence-corrected chi connectivity index (χ1v) is 10.1. The second-order valence-electron chi connectivity index (χ2n) is 7.24. The summed E-state index contributed by atoms with van der Waals surface area (Å²) in [7, 11) is 0. The Balaban J connectivity index is 1.39. The molecule has 1 aliphatic carbocycles. The third-order valence-corrected chi connectivity index (χ3v) is 6.13. The number of hydrogen-bond donors (Lipinski definition) is 1. The van der Waals surface area contributed by atoms with Gasteiger partial charge in [0.25, 0.3) is 5.56 Å². The summed E-state index contributed by atoms with van der Waals surface area (Å²) < 4.78 is 6.91. The van der Waals surface area contributed by atoms with Crippen LogP contribution in [0.25, 0.3) is 22.1 Å². The topological polar surface area (TPSA) is 90.0 Å². The van der Waals surface area contributed by atoms with Gasteiger partial charge in [-0.05, 0) is 37.3 Å². The summed E-state index contributed by atoms with van der Waals surface area (Å²) in [5.41, 5.74) is 1.99. The maximum Gasteiger partial charge on any atom is 0.297 e. The molecular formula is C20H18N4O3S. The summed E-state index contributed by atoms with van der Waals surface area (Å²) in [5.74, 6) is 0.343. The number of para-hydroxylation sites is 1. The molecule has 1 aromatic carbocycles. The third kappa shape index (κ3) is 2.90. The molecule has 0 aliphatic heterocycles. The molecule has 1 atom stereocenters. The monoisotopic (exact) mass is 394 g/mol. The number of thiazole rings is 1. The number of rotatable bonds is 3. The predicted octanol–water partition coefficient (Wildman–Crippen LogP) is 3.36. The van der Waals surface area contributed by atoms with E-state index in [2.05, 4.69) is 22.2 Å². The maximum absolute atomic E-state index is 12.7. The molecule has 1 aliphatic rings. The first-order chi connectivity index (χ1) is 13.6. The second kappa shape index (κ2) is 6.56. The number of benzene rings is 1. The van der Waals surface area contributed by atoms with Crippen LogP contribution in [0, 0.1) is 5.92 Å². The van der Waals surface area contributed by atoms with Crippen molar-refractivity contribution in [2.24, 2.45) is 5.92 Å². The van der Waals surface area contributed by atoms with Crippen molar-refractivity contribution in [3.05, 3.63) is 51.5 Å². The van der Waals surface area contributed by atoms with Crippen molar-refractivity contribution in [3.63, 3.8) is 0 Å². The van der Waals surface area contributed by atoms with Crippen LogP contribution in [0.1, 0.15) is 23.9 Å². The highest BCUT2D eigenvalue weighted by molar-refractivity contribution is 7.15. The zero-order chi connectivity index (χ0) is 19.3. The van der Waals surface area contributed by atoms with E-state index in [0.29, 0.717) is 22.1 Å². The van der Waals surface area contributed by atoms with Gasteiger partial charge in [0.15, 0.2) is 5.13 Å². The minimum atomic E-state index is -0.372. The first-order valence-electron chi connectivity index (χ1n) is 9.23. The molecule has 3 aromatic heterocycles. The van der Waals surface area contributed by atoms with Gasteiger partial charge in [0, 0.05) is 10.3 Å². The zero-order valence-corrected chi connectivity index (χ0v) is 16.1. The van der Waals surface area contributed by atoms with Gasteiger partial charge in [-0.1, -0.05) is 19.1 Å². The van der Waals surface area contributed by atoms with Crippen molar-refractivity contribution >= 4 is 44.4 Å². The number of fused-ring (bicyclic) bond motifs is 4. The van der Waals surface area contributed by atoms with E-state index in [1.807, 2.05) is 18.2 Å². The lowest BCUT2D eigenvalue weighted by Crippen LogP contribution is -2.27. The normalized spacial score (nSPS) is 16.4. The second-order valence-corrected chi connectivity index (χ2v) is 8.32. The smallest absolute Gasteiger partial charge is 0.297 e. The van der Waals surface area contributed by atoms with E-state index in [0.717, 1.165) is 30.3 Å². The molecular weight excluding hydrogens is 376 g/mol. The van der Waals surface area contributed by atoms with Gasteiger partial charge in [-0.15, -0.1) is 11.3 Å². The van der Waals surface area contributed by atoms with E-state index in [9.17, 15) is 9.59 Å². The van der Waals surface area contributed by atoms with Crippen molar-refractivity contribution < 1.29 is 9.21 Å². The van der Waals surface area contributed by atoms with Crippen LogP contribution in [0.5, 0.6) is 0 Å². The van der Waals surface area contributed by atoms with Crippen molar-refractivity contribution in [1.29, 1.82) is 0 Å². The quantitative estimate of drug-likeness (QED) is 0.575. The molecule has 0 saturated carbocycles. The molecule has 1 N–H and O–H groups in total. The minimum absolute atomic E-state index is 0.139. The Morgan fingerprint density at radius 1 is 1.39 bits per heavy atom. The van der Waals surface area contributed by atoms with Crippen molar-refractivity contribution in [1.82, 2.24) is 14.5 Å². The summed E-state index contributed by atoms with van der Waals surface area (Å²) in [6.45, 7) is 2.09. The number of aryl methyl sites for hydroxylation is 1. The Bertz CT molecular complexity index is 1270. The van der Waals surface area contributed by atoms with Gasteiger partial charge in [-0.25, -0.2) is 9.97 Å². The largest absolute Gasteiger partial charge is 0.448 e. The number of amides is 1. The summed E-state index contributed by atoms with van der Waals surface area (Å²) >= 11 is 1.52. The van der Waals surface area contributed by atoms with Gasteiger partial charge in [0.2, 0.25) is 11.5 Å². The molecule has 0 fully saturated rings. The van der Waals surface area contributed by atoms with Gasteiger partial charge < -0.3 is 9.73 Å². The first kappa shape index (κ1) is 17.1. The number of aromatic nitrogens is 3. The molecule has 28 heavy (non-hydrogen) atoms. The van der Waals surface area contributed by atoms with Crippen LogP contribution in [-0.2, 0) is 24.2 Å². The van der Waals surface area contributed by atoms with Gasteiger partial charge in [0.05, 0.1) is 12.0 Å². The predicted molar refractivity (Wildman–Crippen MR) is 108 cm³/mol. The van der Waals surface area contributed by atoms with Crippen LogP contribution in [0.2, 0.25) is 0 Å². The highest BCUT2D eigenvalue weighted by atomic mass is 32.1. The SMILES string of the molecule is CC1CCc2nc(NC(=O)Cn3cnc4c(oc5ccccc54)c3=O)sc2C1. The molecule has 4 aromatic rings. The summed E-state index contributed by atoms with van der Waals surface area (Å²) in [6, 6.07) is 7.35. The fourth-order valence-corrected chi connectivity index (χ4v) is 4.82. The third-order valence-electron chi connectivity index (χ3n) is 5.10. The average molecular weight is 394 g/mol. The zero-order valence-electron chi connectivity index (χ0n) is 15.3. The van der Waals surface area contributed by atoms with Gasteiger partial charge in [-0.2, -0.15) is 0 Å². The number of carbonyl (C=O) groups is 1. The average Bonchev–Trinajstić information content (AvgIpc) is 3.24. The van der Waals surface area contributed by atoms with E-state index >= 15 is 0 Å². The molecule has 0 saturated heterocycles. The Hall–Kier alpha value is -3.00. The van der Waals surface area contributed by atoms with Crippen LogP contribution in [0.4, 0.5) is 5.13 Å². The van der Waals surface area contributed by atoms with Crippen LogP contribution in [-0.4, -0.2) is 20.4 Å². The van der Waals surface area contributed by atoms with Crippen molar-refractivity contribution in [2.45, 2.75) is 32.7 Å². The van der Waals surface area contributed by atoms with Crippen molar-refractivity contribution in [2.75, 3.05) is 5.32 Å². The van der Waals surface area contributed by atoms with E-state index in [4.69, 9.17) is 4.42 Å². The van der Waals surface area contributed by atoms with E-state index in [1.165, 1.54) is 27.1 Å². The molecule has 1 unspecified atom stereocenters. The molecule has 1 amide bonds. The van der Waals surface area contributed by atoms with Crippen LogP contribution < -0.4 is 10.9 Å². The Labute approximate surface area is 164 Å². The molecule has 3 heterocycles. The number of carbonyl (C=O) groups excluding carboxylic acids is 1. The van der Waals surface area contributed by atoms with Gasteiger partial charge in [-0.3, -0.25) is 14.2 Å². The van der Waals surface area contributed by atoms with E-state index in [1.54, 1.807) is 6.07 Å². The van der Waals surface area contributed by atoms with Gasteiger partial charge >= 0.3 is 0 Å². The highest BCUT2D eigenvalue weighted by Gasteiger charge is 2.21. The fraction of sp³-hybridized carbons (Fsp3) is 0.300. The lowest BCUT2D eigenvalue weighted by atomic mass is 9.93. The Kier molecular flexibility index (Phi) is 4.01. The lowest BCUT2D eigenvalue weighted by Gasteiger charge is -2.15. The van der Waals surface area contributed by atoms with Crippen LogP contribution in [0.3, 0.4) is 0 Å². The molecule has 0 spiro atoms. The summed E-state index contributed by atoms with van der Waals surface area (Å²) in [4.78, 5) is 35.3. The molecule has 5 rings (SSSR count). The number of nitrogens with zero attached hydrogens (tertiary/aromatic N) is 3. The van der Waals surface area contributed by atoms with Crippen molar-refractivity contribution in [3.8, 4) is 0 Å². The van der Waals surface area contributed by atoms with Crippen LogP contribution in [0.15, 0.2) is 39.8 Å². The van der Waals surface area contributed by atoms with E-state index in [-0.39, 0.29) is 23.6 Å². The Morgan fingerprint density at radius 3 is 3.14 bits per heavy atom. The molecule has 0 bridgehead atoms. The number of anilines is 1. The fourth-order valence-electron chi connectivity index (χ4n) is 3.63. The number of nitrogens with one attached hydrogen (secondary N) is 1. The highest BCUT2D eigenvalue weighted by Crippen LogP contribution is 2.32. The standard InChI is InChI=1S/C20H18N4O3S/c1-11-6-7-13-15(8-11)28-20(22-13)23-16(25)9-24-10-21-17-12-4-2-3-5-14(12)27-18(17)19(24)26/h2-5,10-11H,6-9H2,1H3,(H,22,23,25). The van der Waals surface area contributed by atoms with Gasteiger partial charge in [0.1, 0.15) is 17.6 Å². The maximum atomic E-state index is 12.7.